The van der Waals surface area contributed by atoms with Gasteiger partial charge in [0.2, 0.25) is 5.95 Å². The second-order valence-electron chi connectivity index (χ2n) is 30.8. The smallest absolute Gasteiger partial charge is 0.235 e. The zero-order chi connectivity index (χ0) is 74.0. The molecule has 16 aromatic carbocycles. The SMILES string of the molecule is CC1(C)c2ccccc2-c2ccc(-c3cc(-c4ccc5ccccc5c4)nc(-n4c5ccccc5c5c6ccccc6c6sc7ccccc7c6c54)n3)cc21.CC1(C)c2ccccc2-c2ccc(-c3cc(-c4ccc5ccccc5c4)nc(Br)n3)cc21.c1ccc2c(c1)Cc1c-2c2ccccc2c2sc3ccccc3c12. The number of benzene rings is 16. The van der Waals surface area contributed by atoms with Gasteiger partial charge in [-0.2, -0.15) is 0 Å². The van der Waals surface area contributed by atoms with E-state index in [1.54, 1.807) is 0 Å². The molecule has 24 rings (SSSR count). The van der Waals surface area contributed by atoms with Crippen LogP contribution in [0.5, 0.6) is 0 Å². The Labute approximate surface area is 658 Å². The van der Waals surface area contributed by atoms with Gasteiger partial charge in [0.25, 0.3) is 0 Å². The number of aromatic nitrogens is 5. The summed E-state index contributed by atoms with van der Waals surface area (Å²) in [6.07, 6.45) is 1.05. The Morgan fingerprint density at radius 2 is 0.721 bits per heavy atom. The number of hydrogen-bond donors (Lipinski definition) is 0. The normalized spacial score (nSPS) is 13.4. The van der Waals surface area contributed by atoms with Crippen LogP contribution in [0, 0.1) is 0 Å². The average molecular weight is 1520 g/mol. The van der Waals surface area contributed by atoms with Crippen LogP contribution in [-0.4, -0.2) is 24.5 Å². The fourth-order valence-corrected chi connectivity index (χ4v) is 21.5. The van der Waals surface area contributed by atoms with Crippen molar-refractivity contribution in [2.24, 2.45) is 0 Å². The van der Waals surface area contributed by atoms with E-state index in [9.17, 15) is 0 Å². The first kappa shape index (κ1) is 65.5. The minimum Gasteiger partial charge on any atom is -0.277 e. The third-order valence-electron chi connectivity index (χ3n) is 23.9. The van der Waals surface area contributed by atoms with E-state index in [-0.39, 0.29) is 10.8 Å². The molecule has 8 heteroatoms. The maximum Gasteiger partial charge on any atom is 0.235 e. The van der Waals surface area contributed by atoms with E-state index in [2.05, 4.69) is 381 Å². The summed E-state index contributed by atoms with van der Waals surface area (Å²) >= 11 is 7.35. The van der Waals surface area contributed by atoms with Crippen molar-refractivity contribution in [1.82, 2.24) is 24.5 Å². The first-order valence-corrected chi connectivity index (χ1v) is 40.5. The predicted molar refractivity (Wildman–Crippen MR) is 473 cm³/mol. The molecule has 0 atom stereocenters. The summed E-state index contributed by atoms with van der Waals surface area (Å²) < 4.78 is 8.35. The molecule has 3 aliphatic rings. The Hall–Kier alpha value is -12.6. The van der Waals surface area contributed by atoms with E-state index in [0.29, 0.717) is 10.7 Å². The maximum atomic E-state index is 5.56. The topological polar surface area (TPSA) is 56.5 Å². The summed E-state index contributed by atoms with van der Waals surface area (Å²) in [7, 11) is 0. The first-order chi connectivity index (χ1) is 54.4. The Morgan fingerprint density at radius 3 is 1.30 bits per heavy atom. The second kappa shape index (κ2) is 25.3. The molecule has 0 saturated heterocycles. The van der Waals surface area contributed by atoms with Crippen LogP contribution in [0.3, 0.4) is 0 Å². The summed E-state index contributed by atoms with van der Waals surface area (Å²) in [5.74, 6) is 0.668. The lowest BCUT2D eigenvalue weighted by Crippen LogP contribution is -2.15. The van der Waals surface area contributed by atoms with Crippen molar-refractivity contribution in [2.45, 2.75) is 44.9 Å². The van der Waals surface area contributed by atoms with Crippen molar-refractivity contribution >= 4 is 144 Å². The summed E-state index contributed by atoms with van der Waals surface area (Å²) in [6, 6.07) is 119. The molecule has 3 aliphatic carbocycles. The lowest BCUT2D eigenvalue weighted by Gasteiger charge is -2.22. The molecule has 524 valence electrons. The van der Waals surface area contributed by atoms with Crippen molar-refractivity contribution in [3.8, 4) is 84.4 Å². The Balaban J connectivity index is 0.000000114. The van der Waals surface area contributed by atoms with Crippen molar-refractivity contribution in [3.05, 3.63) is 366 Å². The van der Waals surface area contributed by atoms with Gasteiger partial charge >= 0.3 is 0 Å². The Bertz CT molecular complexity index is 7540. The van der Waals surface area contributed by atoms with Crippen molar-refractivity contribution in [3.63, 3.8) is 0 Å². The standard InChI is InChI=1S/C51H33N3S.C29H21BrN2.C23H14S/c1-51(2)40-20-10-7-15-34(40)35-26-25-33(28-41(35)51)43-29-42(32-24-23-30-13-3-4-14-31(30)27-32)52-50(53-43)54-44-21-11-8-18-38(44)46-36-16-5-6-17-37(36)49-47(48(46)54)39-19-9-12-22-45(39)55-49;1-29(2)24-10-6-5-9-22(24)23-14-13-21(16-25(23)29)27-17-26(31-28(30)32-27)20-12-11-18-7-3-4-8-19(18)15-20;1-2-8-15-14(7-1)13-19-21(15)16-9-3-4-10-17(16)23-22(19)18-11-5-6-12-20(18)24-23/h3-29H,1-2H3;3-17H,1-2H3;1-12H,13H2. The van der Waals surface area contributed by atoms with Crippen LogP contribution in [0.25, 0.3) is 190 Å². The van der Waals surface area contributed by atoms with Gasteiger partial charge in [0.05, 0.1) is 33.8 Å². The predicted octanol–water partition coefficient (Wildman–Crippen LogP) is 28.7. The average Bonchev–Trinajstić information content (AvgIpc) is 1.56. The molecule has 5 heterocycles. The first-order valence-electron chi connectivity index (χ1n) is 38.1. The molecule has 0 N–H and O–H groups in total. The third kappa shape index (κ3) is 10.3. The monoisotopic (exact) mass is 1520 g/mol. The molecule has 111 heavy (non-hydrogen) atoms. The zero-order valence-electron chi connectivity index (χ0n) is 61.3. The zero-order valence-corrected chi connectivity index (χ0v) is 64.5. The number of rotatable bonds is 5. The second-order valence-corrected chi connectivity index (χ2v) is 33.6. The number of fused-ring (bicyclic) bond motifs is 28. The van der Waals surface area contributed by atoms with Crippen LogP contribution in [-0.2, 0) is 17.3 Å². The van der Waals surface area contributed by atoms with Gasteiger partial charge in [-0.3, -0.25) is 4.57 Å². The Kier molecular flexibility index (Phi) is 14.9. The molecule has 5 nitrogen and oxygen atoms in total. The van der Waals surface area contributed by atoms with Crippen LogP contribution < -0.4 is 0 Å². The highest BCUT2D eigenvalue weighted by atomic mass is 79.9. The largest absolute Gasteiger partial charge is 0.277 e. The number of nitrogens with zero attached hydrogens (tertiary/aromatic N) is 5. The minimum atomic E-state index is -0.127. The van der Waals surface area contributed by atoms with Crippen molar-refractivity contribution in [2.75, 3.05) is 0 Å². The molecule has 0 spiro atoms. The van der Waals surface area contributed by atoms with Crippen molar-refractivity contribution < 1.29 is 0 Å². The minimum absolute atomic E-state index is 0.0344. The van der Waals surface area contributed by atoms with E-state index in [0.717, 1.165) is 62.5 Å². The quantitative estimate of drug-likeness (QED) is 0.161. The highest BCUT2D eigenvalue weighted by molar-refractivity contribution is 9.10. The van der Waals surface area contributed by atoms with Crippen LogP contribution >= 0.6 is 38.6 Å². The molecular weight excluding hydrogens is 1450 g/mol. The van der Waals surface area contributed by atoms with Gasteiger partial charge in [-0.05, 0) is 176 Å². The molecular formula is C103H68BrN5S2. The highest BCUT2D eigenvalue weighted by Crippen LogP contribution is 2.55. The van der Waals surface area contributed by atoms with Gasteiger partial charge in [-0.25, -0.2) is 19.9 Å². The number of thiophene rings is 2. The lowest BCUT2D eigenvalue weighted by atomic mass is 9.82. The van der Waals surface area contributed by atoms with Gasteiger partial charge in [-0.1, -0.05) is 301 Å². The molecule has 0 unspecified atom stereocenters. The number of halogens is 1. The summed E-state index contributed by atoms with van der Waals surface area (Å²) in [5, 5.41) is 18.0. The highest BCUT2D eigenvalue weighted by Gasteiger charge is 2.37. The van der Waals surface area contributed by atoms with E-state index in [1.807, 2.05) is 22.7 Å². The van der Waals surface area contributed by atoms with Gasteiger partial charge in [-0.15, -0.1) is 22.7 Å². The molecule has 0 radical (unpaired) electrons. The van der Waals surface area contributed by atoms with E-state index >= 15 is 0 Å². The van der Waals surface area contributed by atoms with Gasteiger partial charge < -0.3 is 0 Å². The summed E-state index contributed by atoms with van der Waals surface area (Å²) in [4.78, 5) is 20.5. The van der Waals surface area contributed by atoms with Crippen LogP contribution in [0.1, 0.15) is 61.1 Å². The molecule has 21 aromatic rings. The van der Waals surface area contributed by atoms with Gasteiger partial charge in [0, 0.05) is 95.0 Å². The van der Waals surface area contributed by atoms with Crippen LogP contribution in [0.4, 0.5) is 0 Å². The molecule has 0 aliphatic heterocycles. The van der Waals surface area contributed by atoms with Crippen LogP contribution in [0.15, 0.2) is 332 Å². The van der Waals surface area contributed by atoms with Crippen LogP contribution in [0.2, 0.25) is 0 Å². The summed E-state index contributed by atoms with van der Waals surface area (Å²) in [5.41, 5.74) is 26.6. The maximum absolute atomic E-state index is 5.56. The lowest BCUT2D eigenvalue weighted by molar-refractivity contribution is 0.660. The molecule has 5 aromatic heterocycles. The molecule has 0 amide bonds. The fraction of sp³-hybridized carbons (Fsp3) is 0.0680. The van der Waals surface area contributed by atoms with E-state index in [1.165, 1.54) is 161 Å². The number of hydrogen-bond acceptors (Lipinski definition) is 6. The van der Waals surface area contributed by atoms with Gasteiger partial charge in [0.15, 0.2) is 4.73 Å². The van der Waals surface area contributed by atoms with E-state index < -0.39 is 0 Å². The molecule has 0 fully saturated rings. The summed E-state index contributed by atoms with van der Waals surface area (Å²) in [6.45, 7) is 9.29. The van der Waals surface area contributed by atoms with Crippen molar-refractivity contribution in [1.29, 1.82) is 0 Å². The fourth-order valence-electron chi connectivity index (χ4n) is 18.6. The molecule has 0 saturated carbocycles. The Morgan fingerprint density at radius 1 is 0.315 bits per heavy atom. The van der Waals surface area contributed by atoms with Gasteiger partial charge in [0.1, 0.15) is 0 Å². The van der Waals surface area contributed by atoms with E-state index in [4.69, 9.17) is 15.0 Å². The third-order valence-corrected chi connectivity index (χ3v) is 26.7. The molecule has 0 bridgehead atoms. The number of para-hydroxylation sites is 1.